The summed E-state index contributed by atoms with van der Waals surface area (Å²) in [6.45, 7) is 4.03. The molecule has 22 heavy (non-hydrogen) atoms. The smallest absolute Gasteiger partial charge is 0.221 e. The Kier molecular flexibility index (Phi) is 3.86. The maximum atomic E-state index is 10.5. The van der Waals surface area contributed by atoms with Crippen LogP contribution < -0.4 is 0 Å². The Morgan fingerprint density at radius 1 is 1.00 bits per heavy atom. The molecule has 5 heteroatoms. The van der Waals surface area contributed by atoms with Gasteiger partial charge in [0.25, 0.3) is 0 Å². The van der Waals surface area contributed by atoms with Gasteiger partial charge in [0, 0.05) is 11.4 Å². The van der Waals surface area contributed by atoms with E-state index in [0.717, 1.165) is 10.9 Å². The van der Waals surface area contributed by atoms with Gasteiger partial charge in [-0.15, -0.1) is 10.2 Å². The van der Waals surface area contributed by atoms with Crippen molar-refractivity contribution in [1.29, 1.82) is 0 Å². The lowest BCUT2D eigenvalue weighted by molar-refractivity contribution is 0.407. The molecule has 0 aliphatic rings. The number of rotatable bonds is 3. The first-order valence-corrected chi connectivity index (χ1v) is 7.45. The fourth-order valence-electron chi connectivity index (χ4n) is 2.49. The first-order chi connectivity index (χ1) is 10.6. The average Bonchev–Trinajstić information content (AvgIpc) is 2.78. The molecule has 112 valence electrons. The Labute approximate surface area is 133 Å². The predicted molar refractivity (Wildman–Crippen MR) is 89.6 cm³/mol. The van der Waals surface area contributed by atoms with Gasteiger partial charge in [-0.1, -0.05) is 41.9 Å². The molecule has 0 bridgehead atoms. The lowest BCUT2D eigenvalue weighted by Gasteiger charge is -2.10. The molecule has 0 radical (unpaired) electrons. The molecule has 0 unspecified atom stereocenters. The van der Waals surface area contributed by atoms with Crippen LogP contribution in [0.25, 0.3) is 10.9 Å². The van der Waals surface area contributed by atoms with Crippen molar-refractivity contribution in [2.75, 3.05) is 0 Å². The Balaban J connectivity index is 2.16. The van der Waals surface area contributed by atoms with Gasteiger partial charge in [-0.05, 0) is 32.0 Å². The summed E-state index contributed by atoms with van der Waals surface area (Å²) < 4.78 is 1.84. The molecule has 1 aromatic heterocycles. The Hall–Kier alpha value is -2.33. The fraction of sp³-hybridized carbons (Fsp3) is 0.176. The second kappa shape index (κ2) is 5.81. The van der Waals surface area contributed by atoms with Gasteiger partial charge >= 0.3 is 0 Å². The van der Waals surface area contributed by atoms with Crippen molar-refractivity contribution in [2.24, 2.45) is 10.2 Å². The number of hydrogen-bond acceptors (Lipinski definition) is 3. The summed E-state index contributed by atoms with van der Waals surface area (Å²) in [6, 6.07) is 15.1. The lowest BCUT2D eigenvalue weighted by atomic mass is 10.2. The summed E-state index contributed by atoms with van der Waals surface area (Å²) in [7, 11) is 0. The van der Waals surface area contributed by atoms with Crippen LogP contribution in [0.2, 0.25) is 5.02 Å². The minimum atomic E-state index is 0.118. The minimum absolute atomic E-state index is 0.118. The van der Waals surface area contributed by atoms with Gasteiger partial charge in [0.1, 0.15) is 5.69 Å². The van der Waals surface area contributed by atoms with Crippen LogP contribution in [0, 0.1) is 0 Å². The maximum Gasteiger partial charge on any atom is 0.221 e. The molecule has 0 aliphatic heterocycles. The number of hydrogen-bond donors (Lipinski definition) is 1. The van der Waals surface area contributed by atoms with Crippen molar-refractivity contribution in [3.8, 4) is 5.88 Å². The van der Waals surface area contributed by atoms with E-state index < -0.39 is 0 Å². The highest BCUT2D eigenvalue weighted by Gasteiger charge is 2.17. The van der Waals surface area contributed by atoms with Gasteiger partial charge in [-0.3, -0.25) is 0 Å². The third kappa shape index (κ3) is 2.46. The topological polar surface area (TPSA) is 49.9 Å². The zero-order chi connectivity index (χ0) is 15.7. The highest BCUT2D eigenvalue weighted by Crippen LogP contribution is 2.41. The zero-order valence-corrected chi connectivity index (χ0v) is 13.1. The first-order valence-electron chi connectivity index (χ1n) is 7.07. The average molecular weight is 314 g/mol. The van der Waals surface area contributed by atoms with E-state index in [1.807, 2.05) is 54.8 Å². The van der Waals surface area contributed by atoms with Gasteiger partial charge in [-0.2, -0.15) is 0 Å². The Morgan fingerprint density at radius 2 is 1.68 bits per heavy atom. The van der Waals surface area contributed by atoms with Crippen LogP contribution in [0.3, 0.4) is 0 Å². The van der Waals surface area contributed by atoms with Crippen LogP contribution in [-0.4, -0.2) is 9.67 Å². The van der Waals surface area contributed by atoms with Crippen molar-refractivity contribution < 1.29 is 5.11 Å². The Bertz CT molecular complexity index is 852. The van der Waals surface area contributed by atoms with E-state index in [1.165, 1.54) is 0 Å². The van der Waals surface area contributed by atoms with E-state index in [0.29, 0.717) is 16.4 Å². The molecule has 3 rings (SSSR count). The molecule has 3 aromatic rings. The lowest BCUT2D eigenvalue weighted by Crippen LogP contribution is -1.98. The van der Waals surface area contributed by atoms with Crippen LogP contribution in [-0.2, 0) is 0 Å². The number of fused-ring (bicyclic) bond motifs is 1. The molecule has 0 amide bonds. The molecule has 0 spiro atoms. The molecule has 4 nitrogen and oxygen atoms in total. The third-order valence-corrected chi connectivity index (χ3v) is 3.80. The molecular formula is C17H16ClN3O. The Morgan fingerprint density at radius 3 is 2.41 bits per heavy atom. The number of aromatic hydroxyl groups is 1. The highest BCUT2D eigenvalue weighted by molar-refractivity contribution is 6.32. The van der Waals surface area contributed by atoms with E-state index in [1.54, 1.807) is 12.1 Å². The molecule has 0 fully saturated rings. The highest BCUT2D eigenvalue weighted by atomic mass is 35.5. The van der Waals surface area contributed by atoms with E-state index in [2.05, 4.69) is 10.2 Å². The van der Waals surface area contributed by atoms with Crippen LogP contribution in [0.4, 0.5) is 11.4 Å². The number of aromatic nitrogens is 1. The minimum Gasteiger partial charge on any atom is -0.493 e. The van der Waals surface area contributed by atoms with Crippen LogP contribution >= 0.6 is 11.6 Å². The standard InChI is InChI=1S/C17H16ClN3O/c1-11(2)21-15-10-6-3-7-12(15)16(17(21)22)20-19-14-9-5-4-8-13(14)18/h3-11,22H,1-2H3. The normalized spacial score (nSPS) is 11.8. The summed E-state index contributed by atoms with van der Waals surface area (Å²) in [4.78, 5) is 0. The van der Waals surface area contributed by atoms with Crippen molar-refractivity contribution in [3.63, 3.8) is 0 Å². The van der Waals surface area contributed by atoms with Crippen molar-refractivity contribution >= 4 is 33.9 Å². The van der Waals surface area contributed by atoms with Crippen molar-refractivity contribution in [2.45, 2.75) is 19.9 Å². The summed E-state index contributed by atoms with van der Waals surface area (Å²) in [6.07, 6.45) is 0. The van der Waals surface area contributed by atoms with Gasteiger partial charge in [-0.25, -0.2) is 0 Å². The molecule has 0 aliphatic carbocycles. The predicted octanol–water partition coefficient (Wildman–Crippen LogP) is 6.00. The van der Waals surface area contributed by atoms with Gasteiger partial charge in [0.15, 0.2) is 5.69 Å². The van der Waals surface area contributed by atoms with Crippen LogP contribution in [0.15, 0.2) is 58.8 Å². The van der Waals surface area contributed by atoms with Gasteiger partial charge < -0.3 is 9.67 Å². The molecule has 1 N–H and O–H groups in total. The van der Waals surface area contributed by atoms with Crippen LogP contribution in [0.5, 0.6) is 5.88 Å². The fourth-order valence-corrected chi connectivity index (χ4v) is 2.66. The SMILES string of the molecule is CC(C)n1c(O)c(N=Nc2ccccc2Cl)c2ccccc21. The summed E-state index contributed by atoms with van der Waals surface area (Å²) in [5.41, 5.74) is 1.97. The summed E-state index contributed by atoms with van der Waals surface area (Å²) >= 11 is 6.08. The van der Waals surface area contributed by atoms with Crippen LogP contribution in [0.1, 0.15) is 19.9 Å². The first kappa shape index (κ1) is 14.6. The summed E-state index contributed by atoms with van der Waals surface area (Å²) in [5, 5.41) is 20.3. The molecule has 0 saturated heterocycles. The van der Waals surface area contributed by atoms with Crippen molar-refractivity contribution in [3.05, 3.63) is 53.6 Å². The number of halogens is 1. The molecule has 0 atom stereocenters. The van der Waals surface area contributed by atoms with Crippen molar-refractivity contribution in [1.82, 2.24) is 4.57 Å². The van der Waals surface area contributed by atoms with Gasteiger partial charge in [0.05, 0.1) is 10.5 Å². The largest absolute Gasteiger partial charge is 0.493 e. The number of nitrogens with zero attached hydrogens (tertiary/aromatic N) is 3. The monoisotopic (exact) mass is 313 g/mol. The molecular weight excluding hydrogens is 298 g/mol. The molecule has 1 heterocycles. The molecule has 2 aromatic carbocycles. The van der Waals surface area contributed by atoms with E-state index in [9.17, 15) is 5.11 Å². The van der Waals surface area contributed by atoms with E-state index in [-0.39, 0.29) is 11.9 Å². The maximum absolute atomic E-state index is 10.5. The molecule has 0 saturated carbocycles. The quantitative estimate of drug-likeness (QED) is 0.592. The zero-order valence-electron chi connectivity index (χ0n) is 12.4. The second-order valence-corrected chi connectivity index (χ2v) is 5.71. The number of azo groups is 1. The third-order valence-electron chi connectivity index (χ3n) is 3.49. The second-order valence-electron chi connectivity index (χ2n) is 5.30. The number of para-hydroxylation sites is 1. The van der Waals surface area contributed by atoms with Gasteiger partial charge in [0.2, 0.25) is 5.88 Å². The summed E-state index contributed by atoms with van der Waals surface area (Å²) in [5.74, 6) is 0.118. The van der Waals surface area contributed by atoms with E-state index >= 15 is 0 Å². The van der Waals surface area contributed by atoms with E-state index in [4.69, 9.17) is 11.6 Å². The number of benzene rings is 2.